The number of hydrogen-bond donors (Lipinski definition) is 2. The van der Waals surface area contributed by atoms with Crippen LogP contribution in [0.2, 0.25) is 0 Å². The molecule has 0 unspecified atom stereocenters. The number of hydrogen-bond acceptors (Lipinski definition) is 2. The molecule has 0 bridgehead atoms. The molecule has 1 fully saturated rings. The molecule has 1 aliphatic carbocycles. The Morgan fingerprint density at radius 2 is 1.95 bits per heavy atom. The van der Waals surface area contributed by atoms with Gasteiger partial charge >= 0.3 is 0 Å². The SMILES string of the molecule is C[C@@H]1C[NH+](CC(=O)Nc2ccc3c(c2)CCC3)C[C@@H](C)O1. The van der Waals surface area contributed by atoms with Gasteiger partial charge in [-0.05, 0) is 56.4 Å². The number of nitrogens with one attached hydrogen (secondary N) is 2. The number of fused-ring (bicyclic) bond motifs is 1. The predicted molar refractivity (Wildman–Crippen MR) is 82.7 cm³/mol. The Morgan fingerprint density at radius 1 is 1.24 bits per heavy atom. The molecule has 1 aromatic carbocycles. The summed E-state index contributed by atoms with van der Waals surface area (Å²) in [7, 11) is 0. The van der Waals surface area contributed by atoms with E-state index in [0.29, 0.717) is 6.54 Å². The second kappa shape index (κ2) is 6.16. The number of anilines is 1. The first-order valence-corrected chi connectivity index (χ1v) is 8.01. The molecule has 1 amide bonds. The second-order valence-corrected chi connectivity index (χ2v) is 6.48. The van der Waals surface area contributed by atoms with Crippen molar-refractivity contribution in [2.75, 3.05) is 25.0 Å². The first kappa shape index (κ1) is 14.5. The molecule has 114 valence electrons. The molecule has 2 N–H and O–H groups in total. The zero-order chi connectivity index (χ0) is 14.8. The number of quaternary nitrogens is 1. The van der Waals surface area contributed by atoms with Gasteiger partial charge in [-0.3, -0.25) is 4.79 Å². The third-order valence-corrected chi connectivity index (χ3v) is 4.41. The minimum atomic E-state index is 0.101. The maximum Gasteiger partial charge on any atom is 0.279 e. The van der Waals surface area contributed by atoms with Gasteiger partial charge in [0.05, 0.1) is 0 Å². The molecule has 4 heteroatoms. The van der Waals surface area contributed by atoms with Gasteiger partial charge in [-0.15, -0.1) is 0 Å². The topological polar surface area (TPSA) is 42.8 Å². The van der Waals surface area contributed by atoms with Crippen LogP contribution < -0.4 is 10.2 Å². The fourth-order valence-corrected chi connectivity index (χ4v) is 3.62. The van der Waals surface area contributed by atoms with Crippen LogP contribution in [-0.4, -0.2) is 37.7 Å². The molecule has 1 heterocycles. The van der Waals surface area contributed by atoms with E-state index in [1.807, 2.05) is 6.07 Å². The zero-order valence-electron chi connectivity index (χ0n) is 12.9. The summed E-state index contributed by atoms with van der Waals surface area (Å²) in [6.45, 7) is 6.49. The van der Waals surface area contributed by atoms with Crippen molar-refractivity contribution >= 4 is 11.6 Å². The number of benzene rings is 1. The molecule has 0 saturated carbocycles. The van der Waals surface area contributed by atoms with Crippen molar-refractivity contribution in [1.29, 1.82) is 0 Å². The molecule has 3 rings (SSSR count). The van der Waals surface area contributed by atoms with Gasteiger partial charge in [0.25, 0.3) is 5.91 Å². The first-order chi connectivity index (χ1) is 10.1. The number of morpholine rings is 1. The van der Waals surface area contributed by atoms with Crippen LogP contribution >= 0.6 is 0 Å². The third kappa shape index (κ3) is 3.63. The molecule has 1 aromatic rings. The van der Waals surface area contributed by atoms with Crippen LogP contribution in [-0.2, 0) is 22.4 Å². The molecule has 2 aliphatic rings. The van der Waals surface area contributed by atoms with Crippen molar-refractivity contribution < 1.29 is 14.4 Å². The lowest BCUT2D eigenvalue weighted by atomic mass is 10.1. The van der Waals surface area contributed by atoms with Crippen LogP contribution in [0.1, 0.15) is 31.4 Å². The summed E-state index contributed by atoms with van der Waals surface area (Å²) < 4.78 is 5.71. The fraction of sp³-hybridized carbons (Fsp3) is 0.588. The molecule has 21 heavy (non-hydrogen) atoms. The van der Waals surface area contributed by atoms with E-state index in [-0.39, 0.29) is 18.1 Å². The standard InChI is InChI=1S/C17H24N2O2/c1-12-9-19(10-13(2)21-12)11-17(20)18-16-7-6-14-4-3-5-15(14)8-16/h6-8,12-13H,3-5,9-11H2,1-2H3,(H,18,20)/p+1/t12-,13-/m1/s1. The number of rotatable bonds is 3. The maximum absolute atomic E-state index is 12.2. The predicted octanol–water partition coefficient (Wildman–Crippen LogP) is 0.806. The Balaban J connectivity index is 1.56. The Labute approximate surface area is 126 Å². The lowest BCUT2D eigenvalue weighted by Crippen LogP contribution is -3.16. The summed E-state index contributed by atoms with van der Waals surface area (Å²) in [6, 6.07) is 6.33. The molecule has 0 spiro atoms. The van der Waals surface area contributed by atoms with E-state index in [1.165, 1.54) is 28.9 Å². The van der Waals surface area contributed by atoms with E-state index >= 15 is 0 Å². The Bertz CT molecular complexity index is 520. The summed E-state index contributed by atoms with van der Waals surface area (Å²) in [6.07, 6.45) is 4.02. The zero-order valence-corrected chi connectivity index (χ0v) is 12.9. The fourth-order valence-electron chi connectivity index (χ4n) is 3.62. The monoisotopic (exact) mass is 289 g/mol. The van der Waals surface area contributed by atoms with Crippen LogP contribution in [0.4, 0.5) is 5.69 Å². The molecular formula is C17H25N2O2+. The quantitative estimate of drug-likeness (QED) is 0.864. The molecule has 1 saturated heterocycles. The van der Waals surface area contributed by atoms with Gasteiger partial charge in [-0.25, -0.2) is 0 Å². The number of aryl methyl sites for hydroxylation is 2. The Morgan fingerprint density at radius 3 is 2.71 bits per heavy atom. The van der Waals surface area contributed by atoms with Crippen molar-refractivity contribution in [2.45, 2.75) is 45.3 Å². The number of ether oxygens (including phenoxy) is 1. The van der Waals surface area contributed by atoms with Gasteiger partial charge < -0.3 is 15.0 Å². The van der Waals surface area contributed by atoms with Gasteiger partial charge in [0.2, 0.25) is 0 Å². The van der Waals surface area contributed by atoms with E-state index in [0.717, 1.165) is 25.2 Å². The highest BCUT2D eigenvalue weighted by Crippen LogP contribution is 2.24. The van der Waals surface area contributed by atoms with Crippen molar-refractivity contribution in [2.24, 2.45) is 0 Å². The summed E-state index contributed by atoms with van der Waals surface area (Å²) >= 11 is 0. The van der Waals surface area contributed by atoms with Crippen molar-refractivity contribution in [3.63, 3.8) is 0 Å². The number of carbonyl (C=O) groups is 1. The highest BCUT2D eigenvalue weighted by Gasteiger charge is 2.27. The van der Waals surface area contributed by atoms with E-state index < -0.39 is 0 Å². The van der Waals surface area contributed by atoms with E-state index in [9.17, 15) is 4.79 Å². The molecule has 0 aromatic heterocycles. The van der Waals surface area contributed by atoms with Gasteiger partial charge in [0.15, 0.2) is 6.54 Å². The van der Waals surface area contributed by atoms with E-state index in [2.05, 4.69) is 31.3 Å². The third-order valence-electron chi connectivity index (χ3n) is 4.41. The smallest absolute Gasteiger partial charge is 0.279 e. The van der Waals surface area contributed by atoms with Crippen molar-refractivity contribution in [3.05, 3.63) is 29.3 Å². The second-order valence-electron chi connectivity index (χ2n) is 6.48. The van der Waals surface area contributed by atoms with Crippen LogP contribution in [0.15, 0.2) is 18.2 Å². The number of carbonyl (C=O) groups excluding carboxylic acids is 1. The van der Waals surface area contributed by atoms with E-state index in [1.54, 1.807) is 0 Å². The lowest BCUT2D eigenvalue weighted by Gasteiger charge is -2.31. The van der Waals surface area contributed by atoms with Crippen LogP contribution in [0, 0.1) is 0 Å². The minimum absolute atomic E-state index is 0.101. The Kier molecular flexibility index (Phi) is 4.27. The summed E-state index contributed by atoms with van der Waals surface area (Å²) in [5.41, 5.74) is 3.78. The molecule has 2 atom stereocenters. The largest absolute Gasteiger partial charge is 0.364 e. The molecular weight excluding hydrogens is 264 g/mol. The van der Waals surface area contributed by atoms with Crippen molar-refractivity contribution in [3.8, 4) is 0 Å². The normalized spacial score (nSPS) is 28.2. The molecule has 1 aliphatic heterocycles. The summed E-state index contributed by atoms with van der Waals surface area (Å²) in [5, 5.41) is 3.05. The lowest BCUT2D eigenvalue weighted by molar-refractivity contribution is -0.907. The minimum Gasteiger partial charge on any atom is -0.364 e. The highest BCUT2D eigenvalue weighted by atomic mass is 16.5. The molecule has 4 nitrogen and oxygen atoms in total. The van der Waals surface area contributed by atoms with Gasteiger partial charge in [-0.1, -0.05) is 6.07 Å². The maximum atomic E-state index is 12.2. The Hall–Kier alpha value is -1.39. The van der Waals surface area contributed by atoms with Crippen LogP contribution in [0.5, 0.6) is 0 Å². The van der Waals surface area contributed by atoms with Crippen LogP contribution in [0.25, 0.3) is 0 Å². The average molecular weight is 289 g/mol. The van der Waals surface area contributed by atoms with Crippen molar-refractivity contribution in [1.82, 2.24) is 0 Å². The van der Waals surface area contributed by atoms with Gasteiger partial charge in [0, 0.05) is 5.69 Å². The number of amides is 1. The van der Waals surface area contributed by atoms with Crippen LogP contribution in [0.3, 0.4) is 0 Å². The first-order valence-electron chi connectivity index (χ1n) is 8.01. The van der Waals surface area contributed by atoms with Gasteiger partial charge in [-0.2, -0.15) is 0 Å². The summed E-state index contributed by atoms with van der Waals surface area (Å²) in [5.74, 6) is 0.101. The summed E-state index contributed by atoms with van der Waals surface area (Å²) in [4.78, 5) is 13.5. The average Bonchev–Trinajstić information content (AvgIpc) is 2.84. The van der Waals surface area contributed by atoms with Gasteiger partial charge in [0.1, 0.15) is 25.3 Å². The van der Waals surface area contributed by atoms with E-state index in [4.69, 9.17) is 4.74 Å². The highest BCUT2D eigenvalue weighted by molar-refractivity contribution is 5.91. The molecule has 0 radical (unpaired) electrons.